The number of aryl methyl sites for hydroxylation is 2. The maximum absolute atomic E-state index is 12.9. The van der Waals surface area contributed by atoms with Crippen molar-refractivity contribution in [2.45, 2.75) is 33.7 Å². The van der Waals surface area contributed by atoms with E-state index in [-0.39, 0.29) is 11.8 Å². The molecule has 0 radical (unpaired) electrons. The number of hydrogen-bond acceptors (Lipinski definition) is 4. The molecule has 3 rings (SSSR count). The van der Waals surface area contributed by atoms with Crippen molar-refractivity contribution in [3.63, 3.8) is 0 Å². The molecule has 0 bridgehead atoms. The van der Waals surface area contributed by atoms with Gasteiger partial charge in [0, 0.05) is 44.1 Å². The van der Waals surface area contributed by atoms with Crippen LogP contribution >= 0.6 is 11.3 Å². The molecule has 1 aliphatic heterocycles. The van der Waals surface area contributed by atoms with Gasteiger partial charge in [-0.25, -0.2) is 0 Å². The molecule has 1 aromatic heterocycles. The van der Waals surface area contributed by atoms with Crippen molar-refractivity contribution in [2.24, 2.45) is 0 Å². The van der Waals surface area contributed by atoms with Gasteiger partial charge in [0.25, 0.3) is 5.91 Å². The van der Waals surface area contributed by atoms with Crippen molar-refractivity contribution in [3.8, 4) is 0 Å². The number of carbonyl (C=O) groups excluding carboxylic acids is 2. The Morgan fingerprint density at radius 1 is 1.00 bits per heavy atom. The summed E-state index contributed by atoms with van der Waals surface area (Å²) in [4.78, 5) is 33.5. The molecule has 1 fully saturated rings. The Kier molecular flexibility index (Phi) is 7.45. The van der Waals surface area contributed by atoms with Gasteiger partial charge in [-0.05, 0) is 38.0 Å². The van der Waals surface area contributed by atoms with E-state index in [1.165, 1.54) is 11.1 Å². The molecule has 0 unspecified atom stereocenters. The van der Waals surface area contributed by atoms with E-state index in [4.69, 9.17) is 0 Å². The lowest BCUT2D eigenvalue weighted by Crippen LogP contribution is -2.51. The second-order valence-corrected chi connectivity index (χ2v) is 9.07. The summed E-state index contributed by atoms with van der Waals surface area (Å²) in [6, 6.07) is 12.3. The number of rotatable bonds is 7. The monoisotopic (exact) mass is 413 g/mol. The van der Waals surface area contributed by atoms with Crippen molar-refractivity contribution >= 4 is 23.2 Å². The van der Waals surface area contributed by atoms with E-state index in [9.17, 15) is 9.59 Å². The zero-order valence-electron chi connectivity index (χ0n) is 17.7. The van der Waals surface area contributed by atoms with Crippen LogP contribution < -0.4 is 0 Å². The molecule has 6 heteroatoms. The molecule has 0 saturated carbocycles. The number of hydrogen-bond donors (Lipinski definition) is 0. The molecule has 5 nitrogen and oxygen atoms in total. The lowest BCUT2D eigenvalue weighted by Gasteiger charge is -2.35. The van der Waals surface area contributed by atoms with Crippen LogP contribution in [0.4, 0.5) is 0 Å². The smallest absolute Gasteiger partial charge is 0.264 e. The maximum atomic E-state index is 12.9. The summed E-state index contributed by atoms with van der Waals surface area (Å²) >= 11 is 1.55. The normalized spacial score (nSPS) is 14.8. The van der Waals surface area contributed by atoms with Gasteiger partial charge >= 0.3 is 0 Å². The largest absolute Gasteiger partial charge is 0.337 e. The summed E-state index contributed by atoms with van der Waals surface area (Å²) in [5.74, 6) is 0.280. The first-order chi connectivity index (χ1) is 14.0. The van der Waals surface area contributed by atoms with Gasteiger partial charge in [-0.3, -0.25) is 14.5 Å². The third-order valence-corrected chi connectivity index (χ3v) is 6.30. The van der Waals surface area contributed by atoms with Crippen molar-refractivity contribution in [2.75, 3.05) is 39.3 Å². The molecule has 1 aliphatic rings. The van der Waals surface area contributed by atoms with Gasteiger partial charge in [0.1, 0.15) is 0 Å². The first-order valence-electron chi connectivity index (χ1n) is 10.4. The predicted molar refractivity (Wildman–Crippen MR) is 118 cm³/mol. The Balaban J connectivity index is 1.51. The maximum Gasteiger partial charge on any atom is 0.264 e. The number of benzene rings is 1. The summed E-state index contributed by atoms with van der Waals surface area (Å²) in [6.07, 6.45) is 0.945. The Labute approximate surface area is 177 Å². The first kappa shape index (κ1) is 21.5. The fraction of sp³-hybridized carbons (Fsp3) is 0.478. The van der Waals surface area contributed by atoms with Crippen LogP contribution in [0.5, 0.6) is 0 Å². The molecule has 0 aliphatic carbocycles. The Bertz CT molecular complexity index is 823. The van der Waals surface area contributed by atoms with Crippen LogP contribution in [0.15, 0.2) is 36.4 Å². The van der Waals surface area contributed by atoms with Gasteiger partial charge in [-0.2, -0.15) is 0 Å². The lowest BCUT2D eigenvalue weighted by molar-refractivity contribution is -0.133. The second kappa shape index (κ2) is 10.0. The highest BCUT2D eigenvalue weighted by Gasteiger charge is 2.25. The zero-order chi connectivity index (χ0) is 20.8. The van der Waals surface area contributed by atoms with Gasteiger partial charge in [-0.1, -0.05) is 36.8 Å². The number of piperazine rings is 1. The molecular formula is C23H31N3O2S. The quantitative estimate of drug-likeness (QED) is 0.697. The van der Waals surface area contributed by atoms with E-state index in [1.807, 2.05) is 28.9 Å². The van der Waals surface area contributed by atoms with E-state index in [0.717, 1.165) is 35.8 Å². The molecule has 0 spiro atoms. The summed E-state index contributed by atoms with van der Waals surface area (Å²) in [5.41, 5.74) is 2.39. The fourth-order valence-corrected chi connectivity index (χ4v) is 4.42. The fourth-order valence-electron chi connectivity index (χ4n) is 3.58. The second-order valence-electron chi connectivity index (χ2n) is 7.78. The molecule has 2 amide bonds. The minimum absolute atomic E-state index is 0.112. The van der Waals surface area contributed by atoms with Crippen LogP contribution in [0.2, 0.25) is 0 Å². The third-order valence-electron chi connectivity index (χ3n) is 5.31. The van der Waals surface area contributed by atoms with Crippen molar-refractivity contribution in [1.29, 1.82) is 0 Å². The number of thiophene rings is 1. The molecule has 1 saturated heterocycles. The molecule has 0 N–H and O–H groups in total. The Morgan fingerprint density at radius 3 is 2.28 bits per heavy atom. The molecule has 156 valence electrons. The summed E-state index contributed by atoms with van der Waals surface area (Å²) in [6.45, 7) is 10.9. The first-order valence-corrected chi connectivity index (χ1v) is 11.2. The molecule has 0 atom stereocenters. The van der Waals surface area contributed by atoms with E-state index in [2.05, 4.69) is 43.0 Å². The Morgan fingerprint density at radius 2 is 1.69 bits per heavy atom. The van der Waals surface area contributed by atoms with Crippen LogP contribution in [0, 0.1) is 13.8 Å². The van der Waals surface area contributed by atoms with Crippen LogP contribution in [0.25, 0.3) is 0 Å². The highest BCUT2D eigenvalue weighted by atomic mass is 32.1. The summed E-state index contributed by atoms with van der Waals surface area (Å²) in [5, 5.41) is 0. The average molecular weight is 414 g/mol. The number of amides is 2. The standard InChI is InChI=1S/C23H31N3O2S/c1-4-11-26(16-20-8-5-18(2)6-9-20)22(27)17-24-12-14-25(15-13-24)23(28)21-10-7-19(3)29-21/h5-10H,4,11-17H2,1-3H3. The SMILES string of the molecule is CCCN(Cc1ccc(C)cc1)C(=O)CN1CCN(C(=O)c2ccc(C)s2)CC1. The van der Waals surface area contributed by atoms with E-state index >= 15 is 0 Å². The predicted octanol–water partition coefficient (Wildman–Crippen LogP) is 3.56. The molecule has 2 aromatic rings. The lowest BCUT2D eigenvalue weighted by atomic mass is 10.1. The Hall–Kier alpha value is -2.18. The summed E-state index contributed by atoms with van der Waals surface area (Å²) < 4.78 is 0. The van der Waals surface area contributed by atoms with Gasteiger partial charge in [0.15, 0.2) is 0 Å². The van der Waals surface area contributed by atoms with E-state index in [0.29, 0.717) is 26.2 Å². The molecule has 29 heavy (non-hydrogen) atoms. The van der Waals surface area contributed by atoms with Crippen molar-refractivity contribution in [3.05, 3.63) is 57.3 Å². The zero-order valence-corrected chi connectivity index (χ0v) is 18.5. The van der Waals surface area contributed by atoms with E-state index in [1.54, 1.807) is 11.3 Å². The van der Waals surface area contributed by atoms with Crippen LogP contribution in [-0.4, -0.2) is 65.8 Å². The van der Waals surface area contributed by atoms with Gasteiger partial charge < -0.3 is 9.80 Å². The highest BCUT2D eigenvalue weighted by molar-refractivity contribution is 7.13. The number of nitrogens with zero attached hydrogens (tertiary/aromatic N) is 3. The molecular weight excluding hydrogens is 382 g/mol. The summed E-state index contributed by atoms with van der Waals surface area (Å²) in [7, 11) is 0. The van der Waals surface area contributed by atoms with Crippen LogP contribution in [0.3, 0.4) is 0 Å². The van der Waals surface area contributed by atoms with Crippen molar-refractivity contribution < 1.29 is 9.59 Å². The molecule has 1 aromatic carbocycles. The topological polar surface area (TPSA) is 43.9 Å². The third kappa shape index (κ3) is 5.90. The van der Waals surface area contributed by atoms with Crippen molar-refractivity contribution in [1.82, 2.24) is 14.7 Å². The minimum Gasteiger partial charge on any atom is -0.337 e. The van der Waals surface area contributed by atoms with E-state index < -0.39 is 0 Å². The van der Waals surface area contributed by atoms with Gasteiger partial charge in [0.05, 0.1) is 11.4 Å². The van der Waals surface area contributed by atoms with Crippen LogP contribution in [0.1, 0.15) is 39.0 Å². The van der Waals surface area contributed by atoms with Gasteiger partial charge in [-0.15, -0.1) is 11.3 Å². The highest BCUT2D eigenvalue weighted by Crippen LogP contribution is 2.18. The number of carbonyl (C=O) groups is 2. The molecule has 2 heterocycles. The average Bonchev–Trinajstić information content (AvgIpc) is 3.15. The van der Waals surface area contributed by atoms with Crippen LogP contribution in [-0.2, 0) is 11.3 Å². The van der Waals surface area contributed by atoms with Gasteiger partial charge in [0.2, 0.25) is 5.91 Å². The minimum atomic E-state index is 0.112.